The molecule has 0 amide bonds. The first-order valence-corrected chi connectivity index (χ1v) is 4.60. The Labute approximate surface area is 80.3 Å². The van der Waals surface area contributed by atoms with Crippen LogP contribution < -0.4 is 5.32 Å². The summed E-state index contributed by atoms with van der Waals surface area (Å²) in [5, 5.41) is 11.2. The number of carbonyl (C=O) groups is 1. The average Bonchev–Trinajstić information content (AvgIpc) is 2.12. The first kappa shape index (κ1) is 14.9. The number of methoxy groups -OCH3 is 1. The van der Waals surface area contributed by atoms with Crippen molar-refractivity contribution in [3.8, 4) is 0 Å². The van der Waals surface area contributed by atoms with Gasteiger partial charge in [0.05, 0.1) is 13.0 Å². The molecule has 0 rings (SSSR count). The zero-order chi connectivity index (χ0) is 10.5. The highest BCUT2D eigenvalue weighted by Crippen LogP contribution is 1.76. The molecule has 80 valence electrons. The zero-order valence-corrected chi connectivity index (χ0v) is 8.80. The summed E-state index contributed by atoms with van der Waals surface area (Å²) < 4.78 is 4.47. The lowest BCUT2D eigenvalue weighted by molar-refractivity contribution is -0.137. The molecular formula is C9H21NO3. The second kappa shape index (κ2) is 13.9. The van der Waals surface area contributed by atoms with Gasteiger partial charge >= 0.3 is 5.97 Å². The van der Waals surface area contributed by atoms with Gasteiger partial charge in [-0.1, -0.05) is 13.8 Å². The van der Waals surface area contributed by atoms with E-state index in [4.69, 9.17) is 5.11 Å². The first-order valence-electron chi connectivity index (χ1n) is 4.60. The van der Waals surface area contributed by atoms with Gasteiger partial charge in [0.2, 0.25) is 0 Å². The van der Waals surface area contributed by atoms with E-state index in [0.29, 0.717) is 6.61 Å². The predicted molar refractivity (Wildman–Crippen MR) is 53.0 cm³/mol. The Balaban J connectivity index is 0. The van der Waals surface area contributed by atoms with E-state index in [9.17, 15) is 4.79 Å². The zero-order valence-electron chi connectivity index (χ0n) is 8.80. The molecule has 0 aliphatic rings. The minimum absolute atomic E-state index is 0.0938. The van der Waals surface area contributed by atoms with Crippen LogP contribution in [0.15, 0.2) is 0 Å². The number of ether oxygens (including phenoxy) is 1. The maximum Gasteiger partial charge on any atom is 0.305 e. The van der Waals surface area contributed by atoms with Crippen LogP contribution in [0.1, 0.15) is 26.7 Å². The van der Waals surface area contributed by atoms with Crippen molar-refractivity contribution < 1.29 is 14.6 Å². The second-order valence-electron chi connectivity index (χ2n) is 2.49. The van der Waals surface area contributed by atoms with E-state index in [1.54, 1.807) is 0 Å². The van der Waals surface area contributed by atoms with Gasteiger partial charge < -0.3 is 15.2 Å². The minimum Gasteiger partial charge on any atom is -0.481 e. The largest absolute Gasteiger partial charge is 0.481 e. The van der Waals surface area contributed by atoms with Crippen molar-refractivity contribution in [1.82, 2.24) is 5.32 Å². The summed E-state index contributed by atoms with van der Waals surface area (Å²) >= 11 is 0. The second-order valence-corrected chi connectivity index (χ2v) is 2.49. The van der Waals surface area contributed by atoms with Crippen LogP contribution in [0.2, 0.25) is 0 Å². The van der Waals surface area contributed by atoms with Crippen molar-refractivity contribution in [1.29, 1.82) is 0 Å². The molecule has 0 spiro atoms. The van der Waals surface area contributed by atoms with E-state index < -0.39 is 5.97 Å². The molecule has 0 aromatic carbocycles. The summed E-state index contributed by atoms with van der Waals surface area (Å²) in [6.07, 6.45) is 1.34. The highest BCUT2D eigenvalue weighted by molar-refractivity contribution is 5.66. The molecule has 4 nitrogen and oxygen atoms in total. The number of carboxylic acid groups (broad SMARTS) is 1. The summed E-state index contributed by atoms with van der Waals surface area (Å²) in [6.45, 7) is 6.86. The van der Waals surface area contributed by atoms with Gasteiger partial charge in [-0.15, -0.1) is 0 Å². The predicted octanol–water partition coefficient (Wildman–Crippen LogP) is 1.11. The maximum absolute atomic E-state index is 9.68. The van der Waals surface area contributed by atoms with Crippen molar-refractivity contribution in [2.75, 3.05) is 26.8 Å². The van der Waals surface area contributed by atoms with Gasteiger partial charge in [0, 0.05) is 7.11 Å². The monoisotopic (exact) mass is 191 g/mol. The highest BCUT2D eigenvalue weighted by atomic mass is 16.5. The van der Waals surface area contributed by atoms with E-state index in [1.807, 2.05) is 0 Å². The lowest BCUT2D eigenvalue weighted by Crippen LogP contribution is -2.12. The van der Waals surface area contributed by atoms with Gasteiger partial charge in [0.15, 0.2) is 0 Å². The number of aliphatic carboxylic acids is 1. The normalized spacial score (nSPS) is 8.85. The standard InChI is InChI=1S/C5H13N.C4H8O3/c1-3-5-6-4-2;1-7-3-2-4(5)6/h6H,3-5H2,1-2H3;2-3H2,1H3,(H,5,6). The van der Waals surface area contributed by atoms with Crippen molar-refractivity contribution in [3.05, 3.63) is 0 Å². The molecule has 0 bridgehead atoms. The molecule has 0 aliphatic heterocycles. The van der Waals surface area contributed by atoms with Crippen molar-refractivity contribution in [2.24, 2.45) is 0 Å². The van der Waals surface area contributed by atoms with Crippen LogP contribution >= 0.6 is 0 Å². The lowest BCUT2D eigenvalue weighted by Gasteiger charge is -1.91. The highest BCUT2D eigenvalue weighted by Gasteiger charge is 1.91. The van der Waals surface area contributed by atoms with Crippen molar-refractivity contribution in [2.45, 2.75) is 26.7 Å². The summed E-state index contributed by atoms with van der Waals surface area (Å²) in [4.78, 5) is 9.68. The molecule has 0 aromatic rings. The fraction of sp³-hybridized carbons (Fsp3) is 0.889. The Kier molecular flexibility index (Phi) is 16.0. The van der Waals surface area contributed by atoms with Gasteiger partial charge in [0.25, 0.3) is 0 Å². The van der Waals surface area contributed by atoms with Crippen molar-refractivity contribution in [3.63, 3.8) is 0 Å². The quantitative estimate of drug-likeness (QED) is 0.617. The summed E-state index contributed by atoms with van der Waals surface area (Å²) in [5.74, 6) is -0.818. The van der Waals surface area contributed by atoms with Gasteiger partial charge in [0.1, 0.15) is 0 Å². The number of hydrogen-bond donors (Lipinski definition) is 2. The molecule has 13 heavy (non-hydrogen) atoms. The lowest BCUT2D eigenvalue weighted by atomic mass is 10.5. The Hall–Kier alpha value is -0.610. The third-order valence-corrected chi connectivity index (χ3v) is 1.20. The van der Waals surface area contributed by atoms with Gasteiger partial charge in [-0.3, -0.25) is 4.79 Å². The Morgan fingerprint density at radius 2 is 2.08 bits per heavy atom. The van der Waals surface area contributed by atoms with Gasteiger partial charge in [-0.05, 0) is 19.5 Å². The Morgan fingerprint density at radius 1 is 1.46 bits per heavy atom. The van der Waals surface area contributed by atoms with Gasteiger partial charge in [-0.25, -0.2) is 0 Å². The SMILES string of the molecule is CCCNCC.COCCC(=O)O. The molecule has 0 fully saturated rings. The number of rotatable bonds is 6. The topological polar surface area (TPSA) is 58.6 Å². The fourth-order valence-corrected chi connectivity index (χ4v) is 0.543. The average molecular weight is 191 g/mol. The van der Waals surface area contributed by atoms with Gasteiger partial charge in [-0.2, -0.15) is 0 Å². The molecule has 0 saturated carbocycles. The molecular weight excluding hydrogens is 170 g/mol. The summed E-state index contributed by atoms with van der Waals surface area (Å²) in [7, 11) is 1.48. The molecule has 0 atom stereocenters. The molecule has 0 radical (unpaired) electrons. The van der Waals surface area contributed by atoms with E-state index in [0.717, 1.165) is 13.1 Å². The van der Waals surface area contributed by atoms with Crippen LogP contribution in [-0.2, 0) is 9.53 Å². The molecule has 0 aliphatic carbocycles. The van der Waals surface area contributed by atoms with Crippen LogP contribution in [0, 0.1) is 0 Å². The molecule has 2 N–H and O–H groups in total. The Bertz CT molecular complexity index is 103. The summed E-state index contributed by atoms with van der Waals surface area (Å²) in [6, 6.07) is 0. The van der Waals surface area contributed by atoms with E-state index >= 15 is 0 Å². The molecule has 0 saturated heterocycles. The summed E-state index contributed by atoms with van der Waals surface area (Å²) in [5.41, 5.74) is 0. The van der Waals surface area contributed by atoms with E-state index in [-0.39, 0.29) is 6.42 Å². The van der Waals surface area contributed by atoms with Crippen LogP contribution in [0.3, 0.4) is 0 Å². The third kappa shape index (κ3) is 24.6. The van der Waals surface area contributed by atoms with E-state index in [2.05, 4.69) is 23.9 Å². The molecule has 4 heteroatoms. The van der Waals surface area contributed by atoms with Crippen LogP contribution in [-0.4, -0.2) is 37.9 Å². The number of hydrogen-bond acceptors (Lipinski definition) is 3. The fourth-order valence-electron chi connectivity index (χ4n) is 0.543. The first-order chi connectivity index (χ1) is 6.18. The van der Waals surface area contributed by atoms with Crippen LogP contribution in [0.5, 0.6) is 0 Å². The maximum atomic E-state index is 9.68. The van der Waals surface area contributed by atoms with Crippen LogP contribution in [0.4, 0.5) is 0 Å². The number of nitrogens with one attached hydrogen (secondary N) is 1. The molecule has 0 aromatic heterocycles. The number of carboxylic acids is 1. The smallest absolute Gasteiger partial charge is 0.305 e. The molecule has 0 unspecified atom stereocenters. The van der Waals surface area contributed by atoms with Crippen LogP contribution in [0.25, 0.3) is 0 Å². The van der Waals surface area contributed by atoms with E-state index in [1.165, 1.54) is 13.5 Å². The molecule has 0 heterocycles. The Morgan fingerprint density at radius 3 is 2.23 bits per heavy atom. The third-order valence-electron chi connectivity index (χ3n) is 1.20. The minimum atomic E-state index is -0.818. The van der Waals surface area contributed by atoms with Crippen molar-refractivity contribution >= 4 is 5.97 Å².